The van der Waals surface area contributed by atoms with Crippen LogP contribution in [0.3, 0.4) is 0 Å². The second kappa shape index (κ2) is 7.97. The van der Waals surface area contributed by atoms with Crippen molar-refractivity contribution in [2.75, 3.05) is 13.2 Å². The van der Waals surface area contributed by atoms with Gasteiger partial charge in [0.05, 0.1) is 19.0 Å². The summed E-state index contributed by atoms with van der Waals surface area (Å²) >= 11 is 0. The lowest BCUT2D eigenvalue weighted by Crippen LogP contribution is -2.36. The average Bonchev–Trinajstić information content (AvgIpc) is 3.26. The van der Waals surface area contributed by atoms with Crippen LogP contribution in [-0.2, 0) is 17.9 Å². The van der Waals surface area contributed by atoms with Gasteiger partial charge in [-0.15, -0.1) is 0 Å². The standard InChI is InChI=1S/C20H27NO3/c1-15-5-6-17(16(2)10-15)11-21(18-7-8-18)12-19(22)13-23-14-20-4-3-9-24-20/h3-6,9-10,18-19,22H,7-8,11-14H2,1-2H3. The number of nitrogens with zero attached hydrogens (tertiary/aromatic N) is 1. The smallest absolute Gasteiger partial charge is 0.129 e. The van der Waals surface area contributed by atoms with Gasteiger partial charge in [0, 0.05) is 19.1 Å². The van der Waals surface area contributed by atoms with Crippen LogP contribution in [0.25, 0.3) is 0 Å². The van der Waals surface area contributed by atoms with Gasteiger partial charge in [-0.1, -0.05) is 23.8 Å². The van der Waals surface area contributed by atoms with Gasteiger partial charge in [0.2, 0.25) is 0 Å². The van der Waals surface area contributed by atoms with Gasteiger partial charge < -0.3 is 14.3 Å². The van der Waals surface area contributed by atoms with E-state index in [4.69, 9.17) is 9.15 Å². The molecule has 1 N–H and O–H groups in total. The number of ether oxygens (including phenoxy) is 1. The van der Waals surface area contributed by atoms with Crippen LogP contribution in [-0.4, -0.2) is 35.3 Å². The number of hydrogen-bond donors (Lipinski definition) is 1. The number of furan rings is 1. The first-order chi connectivity index (χ1) is 11.6. The number of aliphatic hydroxyl groups is 1. The van der Waals surface area contributed by atoms with E-state index in [-0.39, 0.29) is 0 Å². The number of benzene rings is 1. The molecule has 1 fully saturated rings. The van der Waals surface area contributed by atoms with E-state index < -0.39 is 6.10 Å². The zero-order valence-electron chi connectivity index (χ0n) is 14.6. The monoisotopic (exact) mass is 329 g/mol. The highest BCUT2D eigenvalue weighted by Gasteiger charge is 2.30. The Balaban J connectivity index is 1.50. The van der Waals surface area contributed by atoms with Crippen LogP contribution in [0.15, 0.2) is 41.0 Å². The molecule has 1 aliphatic rings. The molecule has 0 amide bonds. The molecule has 0 radical (unpaired) electrons. The molecule has 1 aliphatic carbocycles. The molecule has 4 nitrogen and oxygen atoms in total. The van der Waals surface area contributed by atoms with Gasteiger partial charge in [-0.25, -0.2) is 0 Å². The van der Waals surface area contributed by atoms with Crippen molar-refractivity contribution < 1.29 is 14.3 Å². The molecule has 1 saturated carbocycles. The van der Waals surface area contributed by atoms with Crippen LogP contribution in [0.2, 0.25) is 0 Å². The molecule has 1 heterocycles. The summed E-state index contributed by atoms with van der Waals surface area (Å²) in [6.45, 7) is 6.56. The predicted molar refractivity (Wildman–Crippen MR) is 93.7 cm³/mol. The van der Waals surface area contributed by atoms with E-state index in [1.165, 1.54) is 29.5 Å². The lowest BCUT2D eigenvalue weighted by molar-refractivity contribution is 0.00244. The fourth-order valence-electron chi connectivity index (χ4n) is 3.04. The lowest BCUT2D eigenvalue weighted by Gasteiger charge is -2.25. The first kappa shape index (κ1) is 17.2. The molecule has 0 saturated heterocycles. The lowest BCUT2D eigenvalue weighted by atomic mass is 10.1. The molecular formula is C20H27NO3. The zero-order chi connectivity index (χ0) is 16.9. The Labute approximate surface area is 144 Å². The average molecular weight is 329 g/mol. The first-order valence-corrected chi connectivity index (χ1v) is 8.70. The molecule has 3 rings (SSSR count). The van der Waals surface area contributed by atoms with Crippen molar-refractivity contribution in [3.8, 4) is 0 Å². The summed E-state index contributed by atoms with van der Waals surface area (Å²) in [5.41, 5.74) is 3.96. The van der Waals surface area contributed by atoms with Gasteiger partial charge in [0.15, 0.2) is 0 Å². The van der Waals surface area contributed by atoms with Crippen LogP contribution < -0.4 is 0 Å². The minimum absolute atomic E-state index is 0.330. The number of aliphatic hydroxyl groups excluding tert-OH is 1. The maximum Gasteiger partial charge on any atom is 0.129 e. The molecule has 0 bridgehead atoms. The Morgan fingerprint density at radius 2 is 2.12 bits per heavy atom. The maximum atomic E-state index is 10.3. The van der Waals surface area contributed by atoms with Gasteiger partial charge in [-0.2, -0.15) is 0 Å². The molecule has 1 atom stereocenters. The van der Waals surface area contributed by atoms with Crippen molar-refractivity contribution in [2.24, 2.45) is 0 Å². The van der Waals surface area contributed by atoms with Crippen molar-refractivity contribution in [3.63, 3.8) is 0 Å². The molecule has 24 heavy (non-hydrogen) atoms. The van der Waals surface area contributed by atoms with Crippen molar-refractivity contribution in [3.05, 3.63) is 59.0 Å². The molecule has 1 aromatic heterocycles. The van der Waals surface area contributed by atoms with Crippen LogP contribution in [0.1, 0.15) is 35.3 Å². The number of rotatable bonds is 9. The highest BCUT2D eigenvalue weighted by Crippen LogP contribution is 2.29. The number of hydrogen-bond acceptors (Lipinski definition) is 4. The maximum absolute atomic E-state index is 10.3. The van der Waals surface area contributed by atoms with E-state index in [2.05, 4.69) is 36.9 Å². The molecule has 1 unspecified atom stereocenters. The topological polar surface area (TPSA) is 45.8 Å². The Hall–Kier alpha value is -1.62. The normalized spacial score (nSPS) is 15.8. The van der Waals surface area contributed by atoms with Crippen LogP contribution in [0, 0.1) is 13.8 Å². The zero-order valence-corrected chi connectivity index (χ0v) is 14.6. The second-order valence-electron chi connectivity index (χ2n) is 6.84. The predicted octanol–water partition coefficient (Wildman–Crippen LogP) is 3.44. The quantitative estimate of drug-likeness (QED) is 0.765. The summed E-state index contributed by atoms with van der Waals surface area (Å²) < 4.78 is 10.8. The molecule has 2 aromatic rings. The highest BCUT2D eigenvalue weighted by molar-refractivity contribution is 5.30. The summed E-state index contributed by atoms with van der Waals surface area (Å²) in [6, 6.07) is 10.9. The largest absolute Gasteiger partial charge is 0.467 e. The van der Waals surface area contributed by atoms with Gasteiger partial charge in [0.1, 0.15) is 12.4 Å². The third kappa shape index (κ3) is 4.94. The molecular weight excluding hydrogens is 302 g/mol. The first-order valence-electron chi connectivity index (χ1n) is 8.70. The van der Waals surface area contributed by atoms with E-state index in [0.29, 0.717) is 25.8 Å². The van der Waals surface area contributed by atoms with Gasteiger partial charge in [-0.05, 0) is 49.9 Å². The van der Waals surface area contributed by atoms with E-state index in [1.807, 2.05) is 12.1 Å². The van der Waals surface area contributed by atoms with Gasteiger partial charge in [-0.3, -0.25) is 4.90 Å². The minimum atomic E-state index is -0.480. The highest BCUT2D eigenvalue weighted by atomic mass is 16.5. The van der Waals surface area contributed by atoms with Gasteiger partial charge >= 0.3 is 0 Å². The minimum Gasteiger partial charge on any atom is -0.467 e. The van der Waals surface area contributed by atoms with Crippen molar-refractivity contribution in [1.82, 2.24) is 4.90 Å². The van der Waals surface area contributed by atoms with Crippen LogP contribution in [0.4, 0.5) is 0 Å². The molecule has 130 valence electrons. The summed E-state index contributed by atoms with van der Waals surface area (Å²) in [5.74, 6) is 0.788. The summed E-state index contributed by atoms with van der Waals surface area (Å²) in [6.07, 6.45) is 3.61. The SMILES string of the molecule is Cc1ccc(CN(CC(O)COCc2ccco2)C2CC2)c(C)c1. The van der Waals surface area contributed by atoms with Crippen molar-refractivity contribution >= 4 is 0 Å². The Morgan fingerprint density at radius 1 is 1.29 bits per heavy atom. The molecule has 4 heteroatoms. The van der Waals surface area contributed by atoms with E-state index in [1.54, 1.807) is 6.26 Å². The van der Waals surface area contributed by atoms with Crippen molar-refractivity contribution in [2.45, 2.75) is 52.0 Å². The van der Waals surface area contributed by atoms with Crippen LogP contribution >= 0.6 is 0 Å². The Bertz CT molecular complexity index is 634. The summed E-state index contributed by atoms with van der Waals surface area (Å²) in [4.78, 5) is 2.39. The van der Waals surface area contributed by atoms with Gasteiger partial charge in [0.25, 0.3) is 0 Å². The van der Waals surface area contributed by atoms with Crippen LogP contribution in [0.5, 0.6) is 0 Å². The van der Waals surface area contributed by atoms with E-state index in [9.17, 15) is 5.11 Å². The van der Waals surface area contributed by atoms with E-state index in [0.717, 1.165) is 12.3 Å². The fourth-order valence-corrected chi connectivity index (χ4v) is 3.04. The third-order valence-corrected chi connectivity index (χ3v) is 4.51. The Morgan fingerprint density at radius 3 is 2.79 bits per heavy atom. The molecule has 0 aliphatic heterocycles. The Kier molecular flexibility index (Phi) is 5.72. The molecule has 0 spiro atoms. The fraction of sp³-hybridized carbons (Fsp3) is 0.500. The number of aryl methyl sites for hydroxylation is 2. The second-order valence-corrected chi connectivity index (χ2v) is 6.84. The summed E-state index contributed by atoms with van der Waals surface area (Å²) in [7, 11) is 0. The molecule has 1 aromatic carbocycles. The van der Waals surface area contributed by atoms with Crippen molar-refractivity contribution in [1.29, 1.82) is 0 Å². The summed E-state index contributed by atoms with van der Waals surface area (Å²) in [5, 5.41) is 10.3. The van der Waals surface area contributed by atoms with E-state index >= 15 is 0 Å². The third-order valence-electron chi connectivity index (χ3n) is 4.51.